The minimum atomic E-state index is 0.422. The highest BCUT2D eigenvalue weighted by Gasteiger charge is 2.26. The third-order valence-electron chi connectivity index (χ3n) is 5.82. The molecule has 8 nitrogen and oxygen atoms in total. The molecule has 2 unspecified atom stereocenters. The number of rotatable bonds is 8. The van der Waals surface area contributed by atoms with Gasteiger partial charge in [0.2, 0.25) is 5.82 Å². The average molecular weight is 436 g/mol. The number of aromatic nitrogens is 3. The Morgan fingerprint density at radius 2 is 2.12 bits per heavy atom. The molecule has 3 aromatic rings. The number of benzene rings is 1. The van der Waals surface area contributed by atoms with Crippen LogP contribution in [-0.2, 0) is 13.0 Å². The van der Waals surface area contributed by atoms with Crippen molar-refractivity contribution in [2.75, 3.05) is 19.6 Å². The summed E-state index contributed by atoms with van der Waals surface area (Å²) in [5.74, 6) is 2.92. The van der Waals surface area contributed by atoms with Crippen LogP contribution in [0.2, 0.25) is 0 Å². The van der Waals surface area contributed by atoms with Gasteiger partial charge >= 0.3 is 0 Å². The van der Waals surface area contributed by atoms with E-state index in [1.54, 1.807) is 6.26 Å². The summed E-state index contributed by atoms with van der Waals surface area (Å²) in [7, 11) is 0. The van der Waals surface area contributed by atoms with Gasteiger partial charge < -0.3 is 15.1 Å². The van der Waals surface area contributed by atoms with Crippen LogP contribution in [0.25, 0.3) is 11.6 Å². The highest BCUT2D eigenvalue weighted by Crippen LogP contribution is 2.20. The van der Waals surface area contributed by atoms with Gasteiger partial charge in [-0.2, -0.15) is 5.10 Å². The Bertz CT molecular complexity index is 967. The minimum Gasteiger partial charge on any atom is -0.461 e. The Morgan fingerprint density at radius 1 is 1.25 bits per heavy atom. The van der Waals surface area contributed by atoms with E-state index in [1.807, 2.05) is 12.1 Å². The van der Waals surface area contributed by atoms with Crippen LogP contribution in [0.4, 0.5) is 0 Å². The van der Waals surface area contributed by atoms with Gasteiger partial charge in [0.05, 0.1) is 6.26 Å². The highest BCUT2D eigenvalue weighted by atomic mass is 16.3. The second-order valence-corrected chi connectivity index (χ2v) is 8.26. The van der Waals surface area contributed by atoms with Crippen molar-refractivity contribution < 1.29 is 4.42 Å². The third-order valence-corrected chi connectivity index (χ3v) is 5.82. The fourth-order valence-electron chi connectivity index (χ4n) is 4.11. The summed E-state index contributed by atoms with van der Waals surface area (Å²) >= 11 is 0. The number of nitrogens with one attached hydrogen (secondary N) is 3. The van der Waals surface area contributed by atoms with Crippen LogP contribution in [-0.4, -0.2) is 57.8 Å². The topological polar surface area (TPSA) is 94.4 Å². The molecule has 1 aliphatic heterocycles. The molecule has 0 aliphatic carbocycles. The number of H-pyrrole nitrogens is 1. The highest BCUT2D eigenvalue weighted by molar-refractivity contribution is 5.80. The number of piperidine rings is 1. The molecule has 8 heteroatoms. The summed E-state index contributed by atoms with van der Waals surface area (Å²) < 4.78 is 5.35. The number of likely N-dealkylation sites (tertiary alicyclic amines) is 1. The summed E-state index contributed by atoms with van der Waals surface area (Å²) in [5.41, 5.74) is 1.38. The molecule has 0 radical (unpaired) electrons. The first-order valence-corrected chi connectivity index (χ1v) is 11.5. The normalized spacial score (nSPS) is 19.8. The monoisotopic (exact) mass is 435 g/mol. The zero-order valence-corrected chi connectivity index (χ0v) is 18.9. The molecule has 170 valence electrons. The first-order chi connectivity index (χ1) is 15.7. The smallest absolute Gasteiger partial charge is 0.216 e. The van der Waals surface area contributed by atoms with Gasteiger partial charge in [0.1, 0.15) is 5.82 Å². The summed E-state index contributed by atoms with van der Waals surface area (Å²) in [4.78, 5) is 11.8. The molecular weight excluding hydrogens is 402 g/mol. The van der Waals surface area contributed by atoms with E-state index in [1.165, 1.54) is 5.56 Å². The number of furan rings is 1. The largest absolute Gasteiger partial charge is 0.461 e. The summed E-state index contributed by atoms with van der Waals surface area (Å²) in [6.45, 7) is 7.97. The van der Waals surface area contributed by atoms with E-state index < -0.39 is 0 Å². The van der Waals surface area contributed by atoms with Crippen molar-refractivity contribution in [2.45, 2.75) is 51.7 Å². The summed E-state index contributed by atoms with van der Waals surface area (Å²) in [6, 6.07) is 15.4. The van der Waals surface area contributed by atoms with E-state index in [4.69, 9.17) is 9.41 Å². The molecule has 0 bridgehead atoms. The van der Waals surface area contributed by atoms with E-state index in [-0.39, 0.29) is 0 Å². The van der Waals surface area contributed by atoms with Crippen molar-refractivity contribution in [3.05, 3.63) is 60.1 Å². The lowest BCUT2D eigenvalue weighted by Gasteiger charge is -2.38. The quantitative estimate of drug-likeness (QED) is 0.372. The van der Waals surface area contributed by atoms with Gasteiger partial charge in [-0.15, -0.1) is 0 Å². The van der Waals surface area contributed by atoms with Crippen molar-refractivity contribution in [3.63, 3.8) is 0 Å². The molecule has 0 saturated carbocycles. The molecule has 1 aliphatic rings. The van der Waals surface area contributed by atoms with E-state index in [0.29, 0.717) is 36.6 Å². The van der Waals surface area contributed by atoms with Crippen LogP contribution < -0.4 is 10.6 Å². The number of hydrogen-bond donors (Lipinski definition) is 3. The molecule has 3 N–H and O–H groups in total. The molecule has 2 aromatic heterocycles. The van der Waals surface area contributed by atoms with Crippen LogP contribution in [0.5, 0.6) is 0 Å². The lowest BCUT2D eigenvalue weighted by atomic mass is 9.97. The first kappa shape index (κ1) is 22.1. The van der Waals surface area contributed by atoms with Gasteiger partial charge in [-0.1, -0.05) is 30.3 Å². The molecule has 3 heterocycles. The standard InChI is InChI=1S/C24H33N7O/c1-3-25-24(26-13-11-22-28-23(30-29-22)21-10-7-15-32-21)27-20-12-14-31(18(2)16-20)17-19-8-5-4-6-9-19/h4-10,15,18,20H,3,11-14,16-17H2,1-2H3,(H2,25,26,27)(H,28,29,30). The van der Waals surface area contributed by atoms with E-state index in [0.717, 1.165) is 44.3 Å². The Labute approximate surface area is 189 Å². The number of nitrogens with zero attached hydrogens (tertiary/aromatic N) is 4. The van der Waals surface area contributed by atoms with E-state index in [2.05, 4.69) is 74.9 Å². The van der Waals surface area contributed by atoms with Crippen LogP contribution in [0, 0.1) is 0 Å². The molecule has 32 heavy (non-hydrogen) atoms. The van der Waals surface area contributed by atoms with Crippen molar-refractivity contribution in [2.24, 2.45) is 4.99 Å². The van der Waals surface area contributed by atoms with Crippen LogP contribution in [0.15, 0.2) is 58.1 Å². The van der Waals surface area contributed by atoms with Gasteiger partial charge in [0.15, 0.2) is 11.7 Å². The van der Waals surface area contributed by atoms with Crippen LogP contribution >= 0.6 is 0 Å². The minimum absolute atomic E-state index is 0.422. The van der Waals surface area contributed by atoms with E-state index in [9.17, 15) is 0 Å². The van der Waals surface area contributed by atoms with Crippen molar-refractivity contribution >= 4 is 5.96 Å². The maximum atomic E-state index is 5.35. The maximum absolute atomic E-state index is 5.35. The third kappa shape index (κ3) is 5.97. The lowest BCUT2D eigenvalue weighted by molar-refractivity contribution is 0.134. The molecule has 0 spiro atoms. The average Bonchev–Trinajstić information content (AvgIpc) is 3.49. The second-order valence-electron chi connectivity index (χ2n) is 8.26. The van der Waals surface area contributed by atoms with Gasteiger partial charge in [-0.25, -0.2) is 4.98 Å². The Balaban J connectivity index is 1.27. The summed E-state index contributed by atoms with van der Waals surface area (Å²) in [6.07, 6.45) is 4.52. The molecule has 1 saturated heterocycles. The summed E-state index contributed by atoms with van der Waals surface area (Å²) in [5, 5.41) is 14.2. The number of guanidine groups is 1. The fourth-order valence-corrected chi connectivity index (χ4v) is 4.11. The molecule has 4 rings (SSSR count). The van der Waals surface area contributed by atoms with Crippen molar-refractivity contribution in [1.82, 2.24) is 30.7 Å². The zero-order valence-electron chi connectivity index (χ0n) is 18.9. The molecule has 0 amide bonds. The molecular formula is C24H33N7O. The molecule has 2 atom stereocenters. The van der Waals surface area contributed by atoms with Crippen molar-refractivity contribution in [3.8, 4) is 11.6 Å². The van der Waals surface area contributed by atoms with Gasteiger partial charge in [-0.05, 0) is 44.4 Å². The number of aromatic amines is 1. The second kappa shape index (κ2) is 10.9. The fraction of sp³-hybridized carbons (Fsp3) is 0.458. The van der Waals surface area contributed by atoms with Gasteiger partial charge in [0, 0.05) is 44.7 Å². The van der Waals surface area contributed by atoms with Crippen LogP contribution in [0.1, 0.15) is 38.1 Å². The predicted molar refractivity (Wildman–Crippen MR) is 126 cm³/mol. The Hall–Kier alpha value is -3.13. The number of aliphatic imine (C=N–C) groups is 1. The molecule has 1 fully saturated rings. The van der Waals surface area contributed by atoms with Gasteiger partial charge in [-0.3, -0.25) is 15.0 Å². The molecule has 1 aromatic carbocycles. The Morgan fingerprint density at radius 3 is 2.88 bits per heavy atom. The SMILES string of the molecule is CCNC(=NCCc1nc(-c2ccco2)n[nH]1)NC1CCN(Cc2ccccc2)C(C)C1. The zero-order chi connectivity index (χ0) is 22.2. The lowest BCUT2D eigenvalue weighted by Crippen LogP contribution is -2.51. The maximum Gasteiger partial charge on any atom is 0.216 e. The van der Waals surface area contributed by atoms with Gasteiger partial charge in [0.25, 0.3) is 0 Å². The Kier molecular flexibility index (Phi) is 7.55. The van der Waals surface area contributed by atoms with E-state index >= 15 is 0 Å². The first-order valence-electron chi connectivity index (χ1n) is 11.5. The predicted octanol–water partition coefficient (Wildman–Crippen LogP) is 3.22. The van der Waals surface area contributed by atoms with Crippen molar-refractivity contribution in [1.29, 1.82) is 0 Å². The van der Waals surface area contributed by atoms with Crippen LogP contribution in [0.3, 0.4) is 0 Å². The number of hydrogen-bond acceptors (Lipinski definition) is 5.